The number of aryl methyl sites for hydroxylation is 1. The Morgan fingerprint density at radius 2 is 1.91 bits per heavy atom. The number of nitrogens with one attached hydrogen (secondary N) is 1. The number of aromatic amines is 1. The van der Waals surface area contributed by atoms with E-state index in [1.54, 1.807) is 22.9 Å². The lowest BCUT2D eigenvalue weighted by molar-refractivity contribution is 0.0632. The monoisotopic (exact) mass is 314 g/mol. The van der Waals surface area contributed by atoms with Gasteiger partial charge in [-0.2, -0.15) is 0 Å². The number of carbonyl (C=O) groups is 1. The fourth-order valence-corrected chi connectivity index (χ4v) is 2.91. The molecule has 0 aliphatic carbocycles. The van der Waals surface area contributed by atoms with Gasteiger partial charge < -0.3 is 14.5 Å². The first-order valence-electron chi connectivity index (χ1n) is 7.95. The van der Waals surface area contributed by atoms with Gasteiger partial charge in [0.2, 0.25) is 0 Å². The van der Waals surface area contributed by atoms with Crippen LogP contribution in [0.4, 0.5) is 0 Å². The summed E-state index contributed by atoms with van der Waals surface area (Å²) in [5.41, 5.74) is 1.78. The Kier molecular flexibility index (Phi) is 4.62. The van der Waals surface area contributed by atoms with Crippen molar-refractivity contribution in [3.63, 3.8) is 0 Å². The molecule has 2 aromatic rings. The van der Waals surface area contributed by atoms with Crippen LogP contribution >= 0.6 is 0 Å². The largest absolute Gasteiger partial charge is 0.367 e. The second-order valence-corrected chi connectivity index (χ2v) is 5.92. The zero-order chi connectivity index (χ0) is 16.2. The summed E-state index contributed by atoms with van der Waals surface area (Å²) in [5.74, 6) is 0.0997. The van der Waals surface area contributed by atoms with Crippen molar-refractivity contribution in [2.75, 3.05) is 32.7 Å². The molecule has 122 valence electrons. The molecule has 1 saturated heterocycles. The summed E-state index contributed by atoms with van der Waals surface area (Å²) in [6, 6.07) is 5.21. The van der Waals surface area contributed by atoms with Crippen molar-refractivity contribution < 1.29 is 4.79 Å². The molecule has 3 rings (SSSR count). The summed E-state index contributed by atoms with van der Waals surface area (Å²) < 4.78 is 1.72. The summed E-state index contributed by atoms with van der Waals surface area (Å²) in [4.78, 5) is 31.3. The number of pyridine rings is 1. The predicted octanol–water partition coefficient (Wildman–Crippen LogP) is 0.943. The number of hydrogen-bond donors (Lipinski definition) is 1. The first kappa shape index (κ1) is 15.6. The molecule has 0 atom stereocenters. The SMILES string of the molecule is Cc1c[nH]cc1C(=O)N1CCN(CCn2ccccc2=O)CC1. The quantitative estimate of drug-likeness (QED) is 0.914. The first-order chi connectivity index (χ1) is 11.1. The van der Waals surface area contributed by atoms with Gasteiger partial charge in [0.15, 0.2) is 0 Å². The van der Waals surface area contributed by atoms with Crippen molar-refractivity contribution in [3.8, 4) is 0 Å². The molecule has 0 spiro atoms. The van der Waals surface area contributed by atoms with Gasteiger partial charge in [0.05, 0.1) is 5.56 Å². The molecular weight excluding hydrogens is 292 g/mol. The molecule has 1 N–H and O–H groups in total. The predicted molar refractivity (Wildman–Crippen MR) is 88.6 cm³/mol. The van der Waals surface area contributed by atoms with Crippen LogP contribution in [0.3, 0.4) is 0 Å². The molecular formula is C17H22N4O2. The van der Waals surface area contributed by atoms with Crippen molar-refractivity contribution in [2.45, 2.75) is 13.5 Å². The second-order valence-electron chi connectivity index (χ2n) is 5.92. The van der Waals surface area contributed by atoms with Gasteiger partial charge in [-0.05, 0) is 18.6 Å². The van der Waals surface area contributed by atoms with Gasteiger partial charge >= 0.3 is 0 Å². The van der Waals surface area contributed by atoms with E-state index in [-0.39, 0.29) is 11.5 Å². The number of carbonyl (C=O) groups excluding carboxylic acids is 1. The lowest BCUT2D eigenvalue weighted by Crippen LogP contribution is -2.49. The van der Waals surface area contributed by atoms with Gasteiger partial charge in [0.1, 0.15) is 0 Å². The van der Waals surface area contributed by atoms with Gasteiger partial charge in [-0.3, -0.25) is 14.5 Å². The van der Waals surface area contributed by atoms with Crippen molar-refractivity contribution in [3.05, 3.63) is 58.3 Å². The molecule has 23 heavy (non-hydrogen) atoms. The fraction of sp³-hybridized carbons (Fsp3) is 0.412. The number of aromatic nitrogens is 2. The molecule has 0 saturated carbocycles. The van der Waals surface area contributed by atoms with Crippen molar-refractivity contribution in [1.82, 2.24) is 19.4 Å². The standard InChI is InChI=1S/C17H22N4O2/c1-14-12-18-13-15(14)17(23)21-10-7-19(8-11-21)6-9-20-5-3-2-4-16(20)22/h2-5,12-13,18H,6-11H2,1H3. The summed E-state index contributed by atoms with van der Waals surface area (Å²) >= 11 is 0. The second kappa shape index (κ2) is 6.83. The molecule has 0 unspecified atom stereocenters. The number of H-pyrrole nitrogens is 1. The molecule has 0 aromatic carbocycles. The smallest absolute Gasteiger partial charge is 0.255 e. The van der Waals surface area contributed by atoms with Crippen LogP contribution in [0, 0.1) is 6.92 Å². The van der Waals surface area contributed by atoms with Crippen LogP contribution < -0.4 is 5.56 Å². The summed E-state index contributed by atoms with van der Waals surface area (Å²) in [5, 5.41) is 0. The molecule has 1 aliphatic heterocycles. The van der Waals surface area contributed by atoms with Crippen LogP contribution in [-0.2, 0) is 6.54 Å². The van der Waals surface area contributed by atoms with Crippen LogP contribution in [0.5, 0.6) is 0 Å². The lowest BCUT2D eigenvalue weighted by atomic mass is 10.2. The molecule has 6 nitrogen and oxygen atoms in total. The van der Waals surface area contributed by atoms with Crippen LogP contribution in [0.2, 0.25) is 0 Å². The number of nitrogens with zero attached hydrogens (tertiary/aromatic N) is 3. The van der Waals surface area contributed by atoms with Crippen molar-refractivity contribution in [2.24, 2.45) is 0 Å². The molecule has 0 radical (unpaired) electrons. The van der Waals surface area contributed by atoms with Crippen LogP contribution in [-0.4, -0.2) is 58.0 Å². The third kappa shape index (κ3) is 3.53. The Morgan fingerprint density at radius 1 is 1.13 bits per heavy atom. The van der Waals surface area contributed by atoms with Crippen LogP contribution in [0.25, 0.3) is 0 Å². The van der Waals surface area contributed by atoms with E-state index < -0.39 is 0 Å². The fourth-order valence-electron chi connectivity index (χ4n) is 2.91. The van der Waals surface area contributed by atoms with E-state index in [1.165, 1.54) is 0 Å². The van der Waals surface area contributed by atoms with E-state index >= 15 is 0 Å². The van der Waals surface area contributed by atoms with Crippen molar-refractivity contribution >= 4 is 5.91 Å². The third-order valence-corrected chi connectivity index (χ3v) is 4.40. The maximum atomic E-state index is 12.5. The molecule has 1 aliphatic rings. The van der Waals surface area contributed by atoms with Gasteiger partial charge in [0.25, 0.3) is 11.5 Å². The van der Waals surface area contributed by atoms with Gasteiger partial charge in [-0.1, -0.05) is 6.07 Å². The minimum Gasteiger partial charge on any atom is -0.367 e. The summed E-state index contributed by atoms with van der Waals surface area (Å²) in [7, 11) is 0. The Hall–Kier alpha value is -2.34. The molecule has 1 fully saturated rings. The van der Waals surface area contributed by atoms with Gasteiger partial charge in [-0.15, -0.1) is 0 Å². The normalized spacial score (nSPS) is 15.8. The van der Waals surface area contributed by atoms with Crippen molar-refractivity contribution in [1.29, 1.82) is 0 Å². The van der Waals surface area contributed by atoms with E-state index in [0.717, 1.165) is 43.9 Å². The maximum Gasteiger partial charge on any atom is 0.255 e. The van der Waals surface area contributed by atoms with Gasteiger partial charge in [0, 0.05) is 63.9 Å². The van der Waals surface area contributed by atoms with E-state index in [4.69, 9.17) is 0 Å². The highest BCUT2D eigenvalue weighted by atomic mass is 16.2. The molecule has 6 heteroatoms. The highest BCUT2D eigenvalue weighted by Crippen LogP contribution is 2.12. The van der Waals surface area contributed by atoms with E-state index in [1.807, 2.05) is 30.3 Å². The zero-order valence-corrected chi connectivity index (χ0v) is 13.4. The first-order valence-corrected chi connectivity index (χ1v) is 7.95. The highest BCUT2D eigenvalue weighted by Gasteiger charge is 2.23. The molecule has 3 heterocycles. The number of amides is 1. The number of rotatable bonds is 4. The molecule has 0 bridgehead atoms. The number of hydrogen-bond acceptors (Lipinski definition) is 3. The van der Waals surface area contributed by atoms with Crippen LogP contribution in [0.1, 0.15) is 15.9 Å². The minimum absolute atomic E-state index is 0.0317. The van der Waals surface area contributed by atoms with E-state index in [0.29, 0.717) is 6.54 Å². The lowest BCUT2D eigenvalue weighted by Gasteiger charge is -2.34. The van der Waals surface area contributed by atoms with E-state index in [9.17, 15) is 9.59 Å². The minimum atomic E-state index is 0.0317. The summed E-state index contributed by atoms with van der Waals surface area (Å²) in [6.07, 6.45) is 5.43. The Bertz CT molecular complexity index is 726. The molecule has 1 amide bonds. The Morgan fingerprint density at radius 3 is 2.57 bits per heavy atom. The van der Waals surface area contributed by atoms with E-state index in [2.05, 4.69) is 9.88 Å². The Labute approximate surface area is 135 Å². The summed E-state index contributed by atoms with van der Waals surface area (Å²) in [6.45, 7) is 6.60. The highest BCUT2D eigenvalue weighted by molar-refractivity contribution is 5.95. The average Bonchev–Trinajstić information content (AvgIpc) is 3.00. The maximum absolute atomic E-state index is 12.5. The topological polar surface area (TPSA) is 61.3 Å². The Balaban J connectivity index is 1.51. The number of piperazine rings is 1. The third-order valence-electron chi connectivity index (χ3n) is 4.40. The average molecular weight is 314 g/mol. The van der Waals surface area contributed by atoms with Crippen LogP contribution in [0.15, 0.2) is 41.6 Å². The molecule has 2 aromatic heterocycles. The zero-order valence-electron chi connectivity index (χ0n) is 13.4. The van der Waals surface area contributed by atoms with Gasteiger partial charge in [-0.25, -0.2) is 0 Å².